The van der Waals surface area contributed by atoms with E-state index in [1.165, 1.54) is 26.7 Å². The normalized spacial score (nSPS) is 11.5. The summed E-state index contributed by atoms with van der Waals surface area (Å²) in [5.41, 5.74) is 2.59. The molecule has 3 rings (SSSR count). The van der Waals surface area contributed by atoms with E-state index in [0.29, 0.717) is 6.61 Å². The van der Waals surface area contributed by atoms with Gasteiger partial charge in [0.05, 0.1) is 0 Å². The quantitative estimate of drug-likeness (QED) is 0.514. The van der Waals surface area contributed by atoms with E-state index >= 15 is 0 Å². The zero-order chi connectivity index (χ0) is 17.0. The van der Waals surface area contributed by atoms with Crippen molar-refractivity contribution in [1.82, 2.24) is 0 Å². The standard InChI is InChI=1S/C22H24OSi/c1-4-23-24(20-14-6-5-7-15-20,21-16-10-8-12-18(21)2)22-17-11-9-13-19(22)3/h5-17H,4H2,1-3H3. The van der Waals surface area contributed by atoms with Crippen LogP contribution in [0.5, 0.6) is 0 Å². The lowest BCUT2D eigenvalue weighted by molar-refractivity contribution is 0.347. The molecule has 3 aromatic carbocycles. The molecule has 3 aromatic rings. The third kappa shape index (κ3) is 2.83. The number of aryl methyl sites for hydroxylation is 2. The second-order valence-electron chi connectivity index (χ2n) is 6.11. The Balaban J connectivity index is 2.39. The lowest BCUT2D eigenvalue weighted by Crippen LogP contribution is -2.70. The van der Waals surface area contributed by atoms with Gasteiger partial charge in [-0.25, -0.2) is 0 Å². The highest BCUT2D eigenvalue weighted by atomic mass is 28.4. The van der Waals surface area contributed by atoms with Crippen molar-refractivity contribution in [2.24, 2.45) is 0 Å². The topological polar surface area (TPSA) is 9.23 Å². The summed E-state index contributed by atoms with van der Waals surface area (Å²) in [6.45, 7) is 7.18. The molecule has 0 unspecified atom stereocenters. The van der Waals surface area contributed by atoms with Gasteiger partial charge in [0, 0.05) is 6.61 Å². The minimum Gasteiger partial charge on any atom is -0.405 e. The van der Waals surface area contributed by atoms with Crippen molar-refractivity contribution in [2.75, 3.05) is 6.61 Å². The molecule has 0 atom stereocenters. The maximum Gasteiger partial charge on any atom is 0.288 e. The summed E-state index contributed by atoms with van der Waals surface area (Å²) >= 11 is 0. The Kier molecular flexibility index (Phi) is 4.98. The van der Waals surface area contributed by atoms with Crippen LogP contribution in [0.4, 0.5) is 0 Å². The Morgan fingerprint density at radius 3 is 1.58 bits per heavy atom. The maximum atomic E-state index is 6.69. The second kappa shape index (κ2) is 7.16. The molecule has 0 spiro atoms. The first-order valence-corrected chi connectivity index (χ1v) is 10.4. The zero-order valence-electron chi connectivity index (χ0n) is 14.6. The van der Waals surface area contributed by atoms with Gasteiger partial charge < -0.3 is 4.43 Å². The van der Waals surface area contributed by atoms with Crippen molar-refractivity contribution in [2.45, 2.75) is 20.8 Å². The van der Waals surface area contributed by atoms with E-state index in [-0.39, 0.29) is 0 Å². The molecule has 0 aromatic heterocycles. The van der Waals surface area contributed by atoms with Gasteiger partial charge in [-0.15, -0.1) is 0 Å². The van der Waals surface area contributed by atoms with Gasteiger partial charge in [0.15, 0.2) is 0 Å². The minimum atomic E-state index is -2.51. The molecule has 2 heteroatoms. The molecule has 0 heterocycles. The van der Waals surface area contributed by atoms with E-state index in [9.17, 15) is 0 Å². The number of benzene rings is 3. The van der Waals surface area contributed by atoms with Crippen LogP contribution in [0.3, 0.4) is 0 Å². The van der Waals surface area contributed by atoms with Crippen molar-refractivity contribution >= 4 is 23.9 Å². The van der Waals surface area contributed by atoms with Crippen LogP contribution in [0.15, 0.2) is 78.9 Å². The Morgan fingerprint density at radius 2 is 1.12 bits per heavy atom. The average molecular weight is 333 g/mol. The van der Waals surface area contributed by atoms with E-state index in [2.05, 4.69) is 99.6 Å². The summed E-state index contributed by atoms with van der Waals surface area (Å²) in [4.78, 5) is 0. The number of hydrogen-bond acceptors (Lipinski definition) is 1. The van der Waals surface area contributed by atoms with Crippen LogP contribution in [0.25, 0.3) is 0 Å². The molecule has 0 saturated heterocycles. The largest absolute Gasteiger partial charge is 0.405 e. The van der Waals surface area contributed by atoms with Crippen molar-refractivity contribution in [3.05, 3.63) is 90.0 Å². The van der Waals surface area contributed by atoms with Gasteiger partial charge in [-0.2, -0.15) is 0 Å². The number of rotatable bonds is 5. The van der Waals surface area contributed by atoms with Crippen LogP contribution in [0, 0.1) is 13.8 Å². The highest BCUT2D eigenvalue weighted by molar-refractivity contribution is 7.07. The zero-order valence-corrected chi connectivity index (χ0v) is 15.6. The minimum absolute atomic E-state index is 0.698. The number of hydrogen-bond donors (Lipinski definition) is 0. The van der Waals surface area contributed by atoms with Crippen LogP contribution in [0.2, 0.25) is 0 Å². The fourth-order valence-electron chi connectivity index (χ4n) is 3.52. The van der Waals surface area contributed by atoms with Crippen LogP contribution < -0.4 is 15.6 Å². The first-order chi connectivity index (χ1) is 11.7. The second-order valence-corrected chi connectivity index (χ2v) is 9.42. The van der Waals surface area contributed by atoms with Gasteiger partial charge in [-0.05, 0) is 47.5 Å². The van der Waals surface area contributed by atoms with Gasteiger partial charge in [0.1, 0.15) is 0 Å². The lowest BCUT2D eigenvalue weighted by Gasteiger charge is -2.34. The van der Waals surface area contributed by atoms with Gasteiger partial charge in [0.2, 0.25) is 0 Å². The molecule has 0 aliphatic heterocycles. The Bertz CT molecular complexity index is 765. The lowest BCUT2D eigenvalue weighted by atomic mass is 10.2. The summed E-state index contributed by atoms with van der Waals surface area (Å²) in [6.07, 6.45) is 0. The molecule has 0 aliphatic rings. The molecule has 0 fully saturated rings. The molecular formula is C22H24OSi. The predicted octanol–water partition coefficient (Wildman–Crippen LogP) is 3.31. The van der Waals surface area contributed by atoms with Crippen LogP contribution >= 0.6 is 0 Å². The van der Waals surface area contributed by atoms with Crippen LogP contribution in [0.1, 0.15) is 18.1 Å². The summed E-state index contributed by atoms with van der Waals surface area (Å²) < 4.78 is 6.69. The Hall–Kier alpha value is -2.16. The SMILES string of the molecule is CCO[Si](c1ccccc1)(c1ccccc1C)c1ccccc1C. The summed E-state index contributed by atoms with van der Waals surface area (Å²) in [6, 6.07) is 28.1. The van der Waals surface area contributed by atoms with E-state index in [1.54, 1.807) is 0 Å². The fourth-order valence-corrected chi connectivity index (χ4v) is 7.94. The smallest absolute Gasteiger partial charge is 0.288 e. The molecular weight excluding hydrogens is 308 g/mol. The molecule has 0 aliphatic carbocycles. The van der Waals surface area contributed by atoms with Gasteiger partial charge in [-0.3, -0.25) is 0 Å². The predicted molar refractivity (Wildman–Crippen MR) is 105 cm³/mol. The van der Waals surface area contributed by atoms with E-state index in [1.807, 2.05) is 0 Å². The Labute approximate surface area is 146 Å². The van der Waals surface area contributed by atoms with Crippen molar-refractivity contribution < 1.29 is 4.43 Å². The van der Waals surface area contributed by atoms with Crippen molar-refractivity contribution in [1.29, 1.82) is 0 Å². The first kappa shape index (κ1) is 16.7. The average Bonchev–Trinajstić information content (AvgIpc) is 2.62. The van der Waals surface area contributed by atoms with Crippen LogP contribution in [-0.4, -0.2) is 14.9 Å². The van der Waals surface area contributed by atoms with Crippen molar-refractivity contribution in [3.8, 4) is 0 Å². The summed E-state index contributed by atoms with van der Waals surface area (Å²) in [5, 5.41) is 3.98. The highest BCUT2D eigenvalue weighted by Gasteiger charge is 2.43. The highest BCUT2D eigenvalue weighted by Crippen LogP contribution is 2.14. The van der Waals surface area contributed by atoms with E-state index < -0.39 is 8.32 Å². The maximum absolute atomic E-state index is 6.69. The third-order valence-electron chi connectivity index (χ3n) is 4.59. The van der Waals surface area contributed by atoms with E-state index in [0.717, 1.165) is 0 Å². The molecule has 0 amide bonds. The third-order valence-corrected chi connectivity index (χ3v) is 9.10. The first-order valence-electron chi connectivity index (χ1n) is 8.52. The molecule has 0 radical (unpaired) electrons. The Morgan fingerprint density at radius 1 is 0.667 bits per heavy atom. The van der Waals surface area contributed by atoms with Gasteiger partial charge in [0.25, 0.3) is 8.32 Å². The fraction of sp³-hybridized carbons (Fsp3) is 0.182. The summed E-state index contributed by atoms with van der Waals surface area (Å²) in [5.74, 6) is 0. The van der Waals surface area contributed by atoms with Gasteiger partial charge in [-0.1, -0.05) is 78.9 Å². The molecule has 1 nitrogen and oxygen atoms in total. The van der Waals surface area contributed by atoms with Crippen LogP contribution in [-0.2, 0) is 4.43 Å². The van der Waals surface area contributed by atoms with Gasteiger partial charge >= 0.3 is 0 Å². The molecule has 0 N–H and O–H groups in total. The molecule has 0 bridgehead atoms. The van der Waals surface area contributed by atoms with Crippen molar-refractivity contribution in [3.63, 3.8) is 0 Å². The molecule has 0 saturated carbocycles. The van der Waals surface area contributed by atoms with E-state index in [4.69, 9.17) is 4.43 Å². The molecule has 24 heavy (non-hydrogen) atoms. The molecule has 122 valence electrons. The monoisotopic (exact) mass is 332 g/mol. The summed E-state index contributed by atoms with van der Waals surface area (Å²) in [7, 11) is -2.51.